The average molecular weight is 335 g/mol. The number of para-hydroxylation sites is 1. The maximum atomic E-state index is 5.69. The summed E-state index contributed by atoms with van der Waals surface area (Å²) in [6, 6.07) is 18.1. The van der Waals surface area contributed by atoms with E-state index in [4.69, 9.17) is 9.47 Å². The lowest BCUT2D eigenvalue weighted by Gasteiger charge is -2.08. The summed E-state index contributed by atoms with van der Waals surface area (Å²) in [4.78, 5) is 0. The molecule has 0 heterocycles. The topological polar surface area (TPSA) is 18.5 Å². The lowest BCUT2D eigenvalue weighted by molar-refractivity contribution is 0.266. The van der Waals surface area contributed by atoms with E-state index in [0.717, 1.165) is 42.9 Å². The Morgan fingerprint density at radius 1 is 0.700 bits per heavy atom. The first-order valence-electron chi connectivity index (χ1n) is 6.84. The molecule has 0 unspecified atom stereocenters. The maximum Gasteiger partial charge on any atom is 0.119 e. The predicted octanol–water partition coefficient (Wildman–Crippen LogP) is 4.82. The third-order valence-electron chi connectivity index (χ3n) is 2.90. The number of hydrogen-bond donors (Lipinski definition) is 0. The lowest BCUT2D eigenvalue weighted by Crippen LogP contribution is -2.02. The molecule has 0 fully saturated rings. The van der Waals surface area contributed by atoms with Gasteiger partial charge < -0.3 is 9.47 Å². The van der Waals surface area contributed by atoms with E-state index >= 15 is 0 Å². The highest BCUT2D eigenvalue weighted by atomic mass is 79.9. The number of rotatable bonds is 8. The third-order valence-corrected chi connectivity index (χ3v) is 3.54. The van der Waals surface area contributed by atoms with Gasteiger partial charge >= 0.3 is 0 Å². The zero-order valence-electron chi connectivity index (χ0n) is 11.4. The normalized spacial score (nSPS) is 10.2. The molecule has 0 saturated heterocycles. The second kappa shape index (κ2) is 8.64. The summed E-state index contributed by atoms with van der Waals surface area (Å²) < 4.78 is 11.3. The van der Waals surface area contributed by atoms with Crippen molar-refractivity contribution in [3.8, 4) is 11.5 Å². The Morgan fingerprint density at radius 3 is 1.80 bits per heavy atom. The van der Waals surface area contributed by atoms with E-state index in [1.807, 2.05) is 42.5 Å². The molecule has 0 N–H and O–H groups in total. The zero-order chi connectivity index (χ0) is 14.0. The molecule has 0 saturated carbocycles. The molecule has 2 nitrogen and oxygen atoms in total. The van der Waals surface area contributed by atoms with Crippen molar-refractivity contribution in [2.45, 2.75) is 18.2 Å². The molecule has 0 aliphatic carbocycles. The number of unbranched alkanes of at least 4 members (excludes halogenated alkanes) is 1. The summed E-state index contributed by atoms with van der Waals surface area (Å²) in [5.41, 5.74) is 1.26. The number of hydrogen-bond acceptors (Lipinski definition) is 2. The van der Waals surface area contributed by atoms with Crippen LogP contribution in [-0.4, -0.2) is 13.2 Å². The van der Waals surface area contributed by atoms with Crippen molar-refractivity contribution < 1.29 is 9.47 Å². The first-order chi connectivity index (χ1) is 9.88. The van der Waals surface area contributed by atoms with Gasteiger partial charge in [0.05, 0.1) is 13.2 Å². The molecule has 0 atom stereocenters. The van der Waals surface area contributed by atoms with Crippen molar-refractivity contribution >= 4 is 15.9 Å². The summed E-state index contributed by atoms with van der Waals surface area (Å²) in [6.07, 6.45) is 1.99. The molecule has 3 heteroatoms. The number of alkyl halides is 1. The summed E-state index contributed by atoms with van der Waals surface area (Å²) in [5.74, 6) is 1.86. The fraction of sp³-hybridized carbons (Fsp3) is 0.294. The fourth-order valence-electron chi connectivity index (χ4n) is 1.78. The minimum atomic E-state index is 0.728. The molecule has 0 aromatic heterocycles. The highest BCUT2D eigenvalue weighted by Gasteiger charge is 1.96. The predicted molar refractivity (Wildman–Crippen MR) is 85.7 cm³/mol. The molecule has 2 rings (SSSR count). The molecule has 0 radical (unpaired) electrons. The molecule has 0 amide bonds. The minimum Gasteiger partial charge on any atom is -0.494 e. The van der Waals surface area contributed by atoms with Crippen molar-refractivity contribution in [1.82, 2.24) is 0 Å². The van der Waals surface area contributed by atoms with Gasteiger partial charge in [-0.25, -0.2) is 0 Å². The van der Waals surface area contributed by atoms with Crippen LogP contribution >= 0.6 is 15.9 Å². The quantitative estimate of drug-likeness (QED) is 0.509. The van der Waals surface area contributed by atoms with Crippen LogP contribution < -0.4 is 9.47 Å². The minimum absolute atomic E-state index is 0.728. The summed E-state index contributed by atoms with van der Waals surface area (Å²) in [5, 5.41) is 0.879. The number of halogens is 1. The Bertz CT molecular complexity index is 482. The Balaban J connectivity index is 1.57. The highest BCUT2D eigenvalue weighted by molar-refractivity contribution is 9.08. The van der Waals surface area contributed by atoms with Crippen LogP contribution in [0.25, 0.3) is 0 Å². The van der Waals surface area contributed by atoms with Crippen molar-refractivity contribution in [2.75, 3.05) is 13.2 Å². The van der Waals surface area contributed by atoms with Gasteiger partial charge in [-0.15, -0.1) is 0 Å². The molecule has 0 bridgehead atoms. The van der Waals surface area contributed by atoms with Gasteiger partial charge in [0.1, 0.15) is 11.5 Å². The summed E-state index contributed by atoms with van der Waals surface area (Å²) in [7, 11) is 0. The van der Waals surface area contributed by atoms with E-state index in [2.05, 4.69) is 28.1 Å². The van der Waals surface area contributed by atoms with Crippen molar-refractivity contribution in [3.63, 3.8) is 0 Å². The van der Waals surface area contributed by atoms with E-state index in [1.165, 1.54) is 5.56 Å². The van der Waals surface area contributed by atoms with Crippen molar-refractivity contribution in [2.24, 2.45) is 0 Å². The Labute approximate surface area is 128 Å². The third kappa shape index (κ3) is 5.25. The van der Waals surface area contributed by atoms with Crippen LogP contribution in [0.5, 0.6) is 11.5 Å². The molecule has 0 aliphatic heterocycles. The molecule has 2 aromatic carbocycles. The van der Waals surface area contributed by atoms with E-state index in [0.29, 0.717) is 0 Å². The van der Waals surface area contributed by atoms with Gasteiger partial charge in [-0.3, -0.25) is 0 Å². The number of benzene rings is 2. The van der Waals surface area contributed by atoms with E-state index in [-0.39, 0.29) is 0 Å². The van der Waals surface area contributed by atoms with Gasteiger partial charge in [-0.2, -0.15) is 0 Å². The number of ether oxygens (including phenoxy) is 2. The highest BCUT2D eigenvalue weighted by Crippen LogP contribution is 2.14. The molecular formula is C17H19BrO2. The second-order valence-corrected chi connectivity index (χ2v) is 5.06. The Hall–Kier alpha value is -1.48. The van der Waals surface area contributed by atoms with Crippen LogP contribution in [0.15, 0.2) is 54.6 Å². The fourth-order valence-corrected chi connectivity index (χ4v) is 2.15. The van der Waals surface area contributed by atoms with Crippen LogP contribution in [0.3, 0.4) is 0 Å². The zero-order valence-corrected chi connectivity index (χ0v) is 13.0. The Kier molecular flexibility index (Phi) is 6.45. The SMILES string of the molecule is BrCc1ccc(OCCCCOc2ccccc2)cc1. The van der Waals surface area contributed by atoms with Crippen molar-refractivity contribution in [1.29, 1.82) is 0 Å². The van der Waals surface area contributed by atoms with Crippen LogP contribution in [0.2, 0.25) is 0 Å². The molecule has 2 aromatic rings. The van der Waals surface area contributed by atoms with E-state index in [1.54, 1.807) is 0 Å². The van der Waals surface area contributed by atoms with Gasteiger partial charge in [0.15, 0.2) is 0 Å². The first-order valence-corrected chi connectivity index (χ1v) is 7.96. The maximum absolute atomic E-state index is 5.69. The van der Waals surface area contributed by atoms with Crippen LogP contribution in [0, 0.1) is 0 Å². The average Bonchev–Trinajstić information content (AvgIpc) is 2.52. The standard InChI is InChI=1S/C17H19BrO2/c18-14-15-8-10-17(11-9-15)20-13-5-4-12-19-16-6-2-1-3-7-16/h1-3,6-11H,4-5,12-14H2. The summed E-state index contributed by atoms with van der Waals surface area (Å²) in [6.45, 7) is 1.46. The summed E-state index contributed by atoms with van der Waals surface area (Å²) >= 11 is 3.43. The largest absolute Gasteiger partial charge is 0.494 e. The second-order valence-electron chi connectivity index (χ2n) is 4.49. The van der Waals surface area contributed by atoms with Crippen LogP contribution in [0.1, 0.15) is 18.4 Å². The van der Waals surface area contributed by atoms with E-state index in [9.17, 15) is 0 Å². The van der Waals surface area contributed by atoms with Gasteiger partial charge in [0.25, 0.3) is 0 Å². The van der Waals surface area contributed by atoms with Crippen molar-refractivity contribution in [3.05, 3.63) is 60.2 Å². The molecule has 0 spiro atoms. The molecule has 0 aliphatic rings. The smallest absolute Gasteiger partial charge is 0.119 e. The van der Waals surface area contributed by atoms with E-state index < -0.39 is 0 Å². The molecule has 20 heavy (non-hydrogen) atoms. The first kappa shape index (κ1) is 14.9. The van der Waals surface area contributed by atoms with Gasteiger partial charge in [0, 0.05) is 5.33 Å². The van der Waals surface area contributed by atoms with Gasteiger partial charge in [-0.1, -0.05) is 46.3 Å². The van der Waals surface area contributed by atoms with Crippen LogP contribution in [-0.2, 0) is 5.33 Å². The lowest BCUT2D eigenvalue weighted by atomic mass is 10.2. The Morgan fingerprint density at radius 2 is 1.25 bits per heavy atom. The molecule has 106 valence electrons. The monoisotopic (exact) mass is 334 g/mol. The van der Waals surface area contributed by atoms with Gasteiger partial charge in [-0.05, 0) is 42.7 Å². The van der Waals surface area contributed by atoms with Crippen LogP contribution in [0.4, 0.5) is 0 Å². The molecular weight excluding hydrogens is 316 g/mol. The van der Waals surface area contributed by atoms with Gasteiger partial charge in [0.2, 0.25) is 0 Å².